The molecule has 0 radical (unpaired) electrons. The number of allylic oxidation sites excluding steroid dienone is 1. The minimum absolute atomic E-state index is 0.136. The average Bonchev–Trinajstić information content (AvgIpc) is 3.36. The summed E-state index contributed by atoms with van der Waals surface area (Å²) in [5, 5.41) is 2.99. The number of methoxy groups -OCH3 is 2. The molecule has 1 aromatic carbocycles. The first-order valence-electron chi connectivity index (χ1n) is 9.93. The van der Waals surface area contributed by atoms with Crippen molar-refractivity contribution in [3.63, 3.8) is 0 Å². The standard InChI is InChI=1S/C22H22F2N6O2/c1-25-8-9-30(21-19(23)16(31-2)10-17(32-3)20(21)24)18-5-4-14-22(29-18)28-15(12-27-14)13-6-7-26-11-13/h4-6,10-12,25H,7-9H2,1-3H3. The quantitative estimate of drug-likeness (QED) is 0.576. The van der Waals surface area contributed by atoms with Gasteiger partial charge in [-0.25, -0.2) is 18.7 Å². The van der Waals surface area contributed by atoms with Crippen molar-refractivity contribution < 1.29 is 18.3 Å². The SMILES string of the molecule is CNCCN(c1ccc2ncc(C3=CCN=C3)nc2n1)c1c(F)c(OC)cc(OC)c1F. The third-order valence-corrected chi connectivity index (χ3v) is 5.02. The molecule has 4 rings (SSSR count). The van der Waals surface area contributed by atoms with E-state index < -0.39 is 11.6 Å². The summed E-state index contributed by atoms with van der Waals surface area (Å²) in [5.41, 5.74) is 2.08. The van der Waals surface area contributed by atoms with E-state index in [2.05, 4.69) is 25.3 Å². The van der Waals surface area contributed by atoms with E-state index in [1.54, 1.807) is 31.6 Å². The van der Waals surface area contributed by atoms with E-state index in [4.69, 9.17) is 9.47 Å². The molecule has 0 aliphatic carbocycles. The zero-order valence-corrected chi connectivity index (χ0v) is 17.9. The van der Waals surface area contributed by atoms with Crippen molar-refractivity contribution in [3.8, 4) is 11.5 Å². The van der Waals surface area contributed by atoms with Crippen LogP contribution in [-0.4, -0.2) is 62.1 Å². The van der Waals surface area contributed by atoms with Gasteiger partial charge in [-0.3, -0.25) is 9.98 Å². The van der Waals surface area contributed by atoms with Crippen LogP contribution in [0.2, 0.25) is 0 Å². The molecular weight excluding hydrogens is 418 g/mol. The Morgan fingerprint density at radius 2 is 1.84 bits per heavy atom. The van der Waals surface area contributed by atoms with Gasteiger partial charge in [0.1, 0.15) is 17.0 Å². The van der Waals surface area contributed by atoms with Gasteiger partial charge in [0.2, 0.25) is 0 Å². The van der Waals surface area contributed by atoms with Gasteiger partial charge >= 0.3 is 0 Å². The van der Waals surface area contributed by atoms with E-state index in [0.717, 1.165) is 5.57 Å². The molecule has 1 N–H and O–H groups in total. The van der Waals surface area contributed by atoms with Crippen LogP contribution in [0.1, 0.15) is 5.69 Å². The van der Waals surface area contributed by atoms with E-state index in [9.17, 15) is 0 Å². The van der Waals surface area contributed by atoms with Gasteiger partial charge in [0.05, 0.1) is 32.7 Å². The molecule has 0 amide bonds. The molecule has 3 heterocycles. The Hall–Kier alpha value is -3.66. The number of ether oxygens (including phenoxy) is 2. The lowest BCUT2D eigenvalue weighted by Crippen LogP contribution is -2.29. The van der Waals surface area contributed by atoms with E-state index in [1.165, 1.54) is 25.2 Å². The molecule has 3 aromatic rings. The van der Waals surface area contributed by atoms with Crippen molar-refractivity contribution in [2.45, 2.75) is 0 Å². The normalized spacial score (nSPS) is 12.8. The van der Waals surface area contributed by atoms with Crippen LogP contribution in [0.25, 0.3) is 16.7 Å². The zero-order chi connectivity index (χ0) is 22.7. The van der Waals surface area contributed by atoms with Crippen LogP contribution in [0, 0.1) is 11.6 Å². The van der Waals surface area contributed by atoms with Crippen LogP contribution >= 0.6 is 0 Å². The highest BCUT2D eigenvalue weighted by atomic mass is 19.1. The van der Waals surface area contributed by atoms with Crippen molar-refractivity contribution in [1.29, 1.82) is 0 Å². The van der Waals surface area contributed by atoms with E-state index in [0.29, 0.717) is 35.8 Å². The first kappa shape index (κ1) is 21.6. The number of nitrogens with one attached hydrogen (secondary N) is 1. The van der Waals surface area contributed by atoms with Gasteiger partial charge in [-0.15, -0.1) is 0 Å². The molecule has 0 saturated heterocycles. The van der Waals surface area contributed by atoms with Crippen molar-refractivity contribution in [2.75, 3.05) is 45.8 Å². The lowest BCUT2D eigenvalue weighted by atomic mass is 10.2. The first-order chi connectivity index (χ1) is 15.6. The summed E-state index contributed by atoms with van der Waals surface area (Å²) in [7, 11) is 4.37. The zero-order valence-electron chi connectivity index (χ0n) is 17.9. The fraction of sp³-hybridized carbons (Fsp3) is 0.273. The van der Waals surface area contributed by atoms with E-state index in [-0.39, 0.29) is 23.7 Å². The summed E-state index contributed by atoms with van der Waals surface area (Å²) >= 11 is 0. The summed E-state index contributed by atoms with van der Waals surface area (Å²) < 4.78 is 40.7. The maximum Gasteiger partial charge on any atom is 0.191 e. The van der Waals surface area contributed by atoms with Crippen LogP contribution in [-0.2, 0) is 0 Å². The van der Waals surface area contributed by atoms with Gasteiger partial charge < -0.3 is 19.7 Å². The number of rotatable bonds is 8. The first-order valence-corrected chi connectivity index (χ1v) is 9.93. The Bertz CT molecular complexity index is 1190. The van der Waals surface area contributed by atoms with Gasteiger partial charge in [0.25, 0.3) is 0 Å². The number of nitrogens with zero attached hydrogens (tertiary/aromatic N) is 5. The second-order valence-electron chi connectivity index (χ2n) is 6.93. The molecule has 0 atom stereocenters. The van der Waals surface area contributed by atoms with Crippen LogP contribution in [0.4, 0.5) is 20.3 Å². The van der Waals surface area contributed by atoms with Gasteiger partial charge in [-0.05, 0) is 19.2 Å². The molecule has 1 aliphatic heterocycles. The maximum absolute atomic E-state index is 15.2. The molecule has 0 spiro atoms. The van der Waals surface area contributed by atoms with Crippen LogP contribution in [0.15, 0.2) is 35.5 Å². The number of hydrogen-bond donors (Lipinski definition) is 1. The molecule has 166 valence electrons. The van der Waals surface area contributed by atoms with Crippen molar-refractivity contribution >= 4 is 34.5 Å². The molecule has 2 aromatic heterocycles. The summed E-state index contributed by atoms with van der Waals surface area (Å²) in [6, 6.07) is 4.53. The summed E-state index contributed by atoms with van der Waals surface area (Å²) in [4.78, 5) is 19.1. The predicted octanol–water partition coefficient (Wildman–Crippen LogP) is 3.15. The van der Waals surface area contributed by atoms with Crippen LogP contribution in [0.3, 0.4) is 0 Å². The smallest absolute Gasteiger partial charge is 0.191 e. The predicted molar refractivity (Wildman–Crippen MR) is 119 cm³/mol. The molecule has 10 heteroatoms. The monoisotopic (exact) mass is 440 g/mol. The second kappa shape index (κ2) is 9.23. The highest BCUT2D eigenvalue weighted by Crippen LogP contribution is 2.39. The number of fused-ring (bicyclic) bond motifs is 1. The van der Waals surface area contributed by atoms with Gasteiger partial charge in [0, 0.05) is 30.9 Å². The molecule has 1 aliphatic rings. The highest BCUT2D eigenvalue weighted by molar-refractivity contribution is 6.10. The number of halogens is 2. The average molecular weight is 440 g/mol. The third kappa shape index (κ3) is 3.96. The molecular formula is C22H22F2N6O2. The Kier molecular flexibility index (Phi) is 6.22. The number of aliphatic imine (C=N–C) groups is 1. The Balaban J connectivity index is 1.86. The van der Waals surface area contributed by atoms with Crippen molar-refractivity contribution in [1.82, 2.24) is 20.3 Å². The Morgan fingerprint density at radius 3 is 2.47 bits per heavy atom. The largest absolute Gasteiger partial charge is 0.493 e. The number of anilines is 2. The minimum Gasteiger partial charge on any atom is -0.493 e. The van der Waals surface area contributed by atoms with Gasteiger partial charge in [-0.2, -0.15) is 0 Å². The molecule has 32 heavy (non-hydrogen) atoms. The van der Waals surface area contributed by atoms with Crippen LogP contribution in [0.5, 0.6) is 11.5 Å². The fourth-order valence-corrected chi connectivity index (χ4v) is 3.38. The van der Waals surface area contributed by atoms with E-state index in [1.807, 2.05) is 6.08 Å². The topological polar surface area (TPSA) is 84.8 Å². The Labute approximate surface area is 183 Å². The number of benzene rings is 1. The second-order valence-corrected chi connectivity index (χ2v) is 6.93. The molecule has 8 nitrogen and oxygen atoms in total. The van der Waals surface area contributed by atoms with Gasteiger partial charge in [0.15, 0.2) is 28.8 Å². The summed E-state index contributed by atoms with van der Waals surface area (Å²) in [6.07, 6.45) is 5.32. The fourth-order valence-electron chi connectivity index (χ4n) is 3.38. The van der Waals surface area contributed by atoms with Crippen molar-refractivity contribution in [3.05, 3.63) is 47.8 Å². The van der Waals surface area contributed by atoms with Gasteiger partial charge in [-0.1, -0.05) is 6.08 Å². The lowest BCUT2D eigenvalue weighted by molar-refractivity contribution is 0.359. The summed E-state index contributed by atoms with van der Waals surface area (Å²) in [6.45, 7) is 1.26. The summed E-state index contributed by atoms with van der Waals surface area (Å²) in [5.74, 6) is -1.67. The van der Waals surface area contributed by atoms with Crippen LogP contribution < -0.4 is 19.7 Å². The van der Waals surface area contributed by atoms with E-state index >= 15 is 8.78 Å². The third-order valence-electron chi connectivity index (χ3n) is 5.02. The number of likely N-dealkylation sites (N-methyl/N-ethyl adjacent to an activating group) is 1. The number of hydrogen-bond acceptors (Lipinski definition) is 8. The Morgan fingerprint density at radius 1 is 1.09 bits per heavy atom. The maximum atomic E-state index is 15.2. The van der Waals surface area contributed by atoms with Crippen molar-refractivity contribution in [2.24, 2.45) is 4.99 Å². The molecule has 0 saturated carbocycles. The molecule has 0 bridgehead atoms. The highest BCUT2D eigenvalue weighted by Gasteiger charge is 2.26. The number of aromatic nitrogens is 3. The molecule has 0 fully saturated rings. The minimum atomic E-state index is -0.851. The number of pyridine rings is 1. The molecule has 0 unspecified atom stereocenters. The lowest BCUT2D eigenvalue weighted by Gasteiger charge is -2.26.